The molecule has 312 valence electrons. The molecule has 10 nitrogen and oxygen atoms in total. The molecular formula is C50H43F2N5O5. The molecule has 8 aromatic rings. The molecule has 0 spiro atoms. The number of carbonyl (C=O) groups excluding carboxylic acids is 1. The van der Waals surface area contributed by atoms with E-state index in [1.807, 2.05) is 79.7 Å². The Hall–Kier alpha value is -7.15. The number of aliphatic hydroxyl groups is 1. The predicted octanol–water partition coefficient (Wildman–Crippen LogP) is 10.7. The zero-order valence-electron chi connectivity index (χ0n) is 34.0. The van der Waals surface area contributed by atoms with E-state index >= 15 is 0 Å². The first kappa shape index (κ1) is 41.6. The van der Waals surface area contributed by atoms with E-state index in [0.29, 0.717) is 40.5 Å². The number of hydrogen-bond donors (Lipinski definition) is 1. The molecule has 0 bridgehead atoms. The van der Waals surface area contributed by atoms with Crippen LogP contribution in [0.15, 0.2) is 155 Å². The van der Waals surface area contributed by atoms with Gasteiger partial charge in [0.1, 0.15) is 11.6 Å². The van der Waals surface area contributed by atoms with Gasteiger partial charge >= 0.3 is 5.97 Å². The third-order valence-electron chi connectivity index (χ3n) is 10.7. The number of carbonyl (C=O) groups is 1. The standard InChI is InChI=1S/C29H28FN3O3.C21H15FN2O2/c1-2-35-29(34)23-14-16-33(17-15-23)19-20-8-10-22(11-9-20)27-31-28(36-32-27)24-12-13-25(26(30)18-24)21-6-4-3-5-7-21;22-19-12-17(10-11-18(19)15-4-2-1-3-5-15)21-23-20(24-26-21)16-8-6-14(13-25)7-9-16/h3-13,18,23H,2,14-17,19H2,1H3;1-12,25H,13H2. The van der Waals surface area contributed by atoms with Gasteiger partial charge < -0.3 is 18.9 Å². The Labute approximate surface area is 357 Å². The van der Waals surface area contributed by atoms with Gasteiger partial charge in [0.05, 0.1) is 19.1 Å². The van der Waals surface area contributed by atoms with Gasteiger partial charge in [-0.3, -0.25) is 9.69 Å². The van der Waals surface area contributed by atoms with Gasteiger partial charge in [0.2, 0.25) is 11.6 Å². The Balaban J connectivity index is 0.000000180. The molecule has 1 aliphatic heterocycles. The molecule has 1 N–H and O–H groups in total. The summed E-state index contributed by atoms with van der Waals surface area (Å²) in [5, 5.41) is 17.2. The topological polar surface area (TPSA) is 128 Å². The van der Waals surface area contributed by atoms with E-state index in [0.717, 1.165) is 60.3 Å². The average Bonchev–Trinajstić information content (AvgIpc) is 4.02. The van der Waals surface area contributed by atoms with Gasteiger partial charge in [0, 0.05) is 39.9 Å². The van der Waals surface area contributed by atoms with Crippen molar-refractivity contribution in [3.63, 3.8) is 0 Å². The second-order valence-electron chi connectivity index (χ2n) is 14.8. The average molecular weight is 832 g/mol. The number of hydrogen-bond acceptors (Lipinski definition) is 10. The molecule has 1 aliphatic rings. The number of likely N-dealkylation sites (tertiary alicyclic amines) is 1. The lowest BCUT2D eigenvalue weighted by Crippen LogP contribution is -2.36. The van der Waals surface area contributed by atoms with Crippen molar-refractivity contribution >= 4 is 5.97 Å². The minimum absolute atomic E-state index is 0.0130. The molecule has 1 saturated heterocycles. The fourth-order valence-electron chi connectivity index (χ4n) is 7.28. The SMILES string of the molecule is CCOC(=O)C1CCN(Cc2ccc(-c3noc(-c4ccc(-c5ccccc5)c(F)c4)n3)cc2)CC1.OCc1ccc(-c2noc(-c3ccc(-c4ccccc4)c(F)c3)n2)cc1. The molecule has 0 unspecified atom stereocenters. The highest BCUT2D eigenvalue weighted by Gasteiger charge is 2.26. The van der Waals surface area contributed by atoms with Crippen molar-refractivity contribution in [1.82, 2.24) is 25.2 Å². The lowest BCUT2D eigenvalue weighted by Gasteiger charge is -2.30. The number of benzene rings is 6. The van der Waals surface area contributed by atoms with Gasteiger partial charge in [-0.25, -0.2) is 8.78 Å². The summed E-state index contributed by atoms with van der Waals surface area (Å²) in [6.45, 7) is 4.82. The van der Waals surface area contributed by atoms with Crippen LogP contribution in [0.2, 0.25) is 0 Å². The molecule has 62 heavy (non-hydrogen) atoms. The third-order valence-corrected chi connectivity index (χ3v) is 10.7. The van der Waals surface area contributed by atoms with Crippen LogP contribution in [-0.2, 0) is 22.7 Å². The van der Waals surface area contributed by atoms with Crippen LogP contribution >= 0.6 is 0 Å². The van der Waals surface area contributed by atoms with Gasteiger partial charge in [0.15, 0.2) is 0 Å². The van der Waals surface area contributed by atoms with Crippen LogP contribution < -0.4 is 0 Å². The number of piperidine rings is 1. The summed E-state index contributed by atoms with van der Waals surface area (Å²) in [6.07, 6.45) is 1.66. The number of aromatic nitrogens is 4. The number of halogens is 2. The zero-order chi connectivity index (χ0) is 42.8. The zero-order valence-corrected chi connectivity index (χ0v) is 34.0. The van der Waals surface area contributed by atoms with E-state index in [4.69, 9.17) is 18.9 Å². The molecule has 0 radical (unpaired) electrons. The summed E-state index contributed by atoms with van der Waals surface area (Å²) in [4.78, 5) is 23.1. The van der Waals surface area contributed by atoms with Crippen LogP contribution in [0.25, 0.3) is 67.9 Å². The maximum Gasteiger partial charge on any atom is 0.309 e. The molecule has 0 atom stereocenters. The fourth-order valence-corrected chi connectivity index (χ4v) is 7.28. The lowest BCUT2D eigenvalue weighted by atomic mass is 9.96. The maximum absolute atomic E-state index is 14.8. The minimum atomic E-state index is -0.347. The van der Waals surface area contributed by atoms with Crippen molar-refractivity contribution in [2.24, 2.45) is 5.92 Å². The van der Waals surface area contributed by atoms with Crippen molar-refractivity contribution in [2.75, 3.05) is 19.7 Å². The van der Waals surface area contributed by atoms with E-state index in [2.05, 4.69) is 37.3 Å². The normalized spacial score (nSPS) is 13.0. The van der Waals surface area contributed by atoms with Crippen molar-refractivity contribution in [3.05, 3.63) is 168 Å². The molecule has 9 rings (SSSR count). The van der Waals surface area contributed by atoms with E-state index < -0.39 is 0 Å². The summed E-state index contributed by atoms with van der Waals surface area (Å²) in [5.41, 5.74) is 7.31. The molecule has 0 aliphatic carbocycles. The second-order valence-corrected chi connectivity index (χ2v) is 14.8. The Morgan fingerprint density at radius 2 is 1.08 bits per heavy atom. The highest BCUT2D eigenvalue weighted by atomic mass is 19.1. The van der Waals surface area contributed by atoms with Crippen LogP contribution in [0.3, 0.4) is 0 Å². The Bertz CT molecular complexity index is 2720. The maximum atomic E-state index is 14.8. The monoisotopic (exact) mass is 831 g/mol. The van der Waals surface area contributed by atoms with Crippen molar-refractivity contribution in [2.45, 2.75) is 32.9 Å². The van der Waals surface area contributed by atoms with Gasteiger partial charge in [-0.1, -0.05) is 132 Å². The molecule has 0 saturated carbocycles. The quantitative estimate of drug-likeness (QED) is 0.126. The largest absolute Gasteiger partial charge is 0.466 e. The molecule has 1 fully saturated rings. The first-order chi connectivity index (χ1) is 30.3. The third kappa shape index (κ3) is 9.89. The van der Waals surface area contributed by atoms with Crippen molar-refractivity contribution < 1.29 is 32.5 Å². The first-order valence-electron chi connectivity index (χ1n) is 20.4. The first-order valence-corrected chi connectivity index (χ1v) is 20.4. The number of ether oxygens (including phenoxy) is 1. The number of aliphatic hydroxyl groups excluding tert-OH is 1. The Morgan fingerprint density at radius 3 is 1.52 bits per heavy atom. The molecule has 0 amide bonds. The predicted molar refractivity (Wildman–Crippen MR) is 232 cm³/mol. The highest BCUT2D eigenvalue weighted by molar-refractivity contribution is 5.73. The van der Waals surface area contributed by atoms with E-state index in [1.165, 1.54) is 17.7 Å². The number of nitrogens with zero attached hydrogens (tertiary/aromatic N) is 5. The second kappa shape index (κ2) is 19.5. The van der Waals surface area contributed by atoms with Crippen LogP contribution in [-0.4, -0.2) is 56.0 Å². The molecular weight excluding hydrogens is 789 g/mol. The summed E-state index contributed by atoms with van der Waals surface area (Å²) < 4.78 is 45.2. The van der Waals surface area contributed by atoms with Gasteiger partial charge in [0.25, 0.3) is 11.8 Å². The van der Waals surface area contributed by atoms with E-state index in [1.54, 1.807) is 48.5 Å². The van der Waals surface area contributed by atoms with Crippen LogP contribution in [0.4, 0.5) is 8.78 Å². The number of esters is 1. The van der Waals surface area contributed by atoms with Gasteiger partial charge in [-0.2, -0.15) is 9.97 Å². The minimum Gasteiger partial charge on any atom is -0.466 e. The van der Waals surface area contributed by atoms with Crippen molar-refractivity contribution in [3.8, 4) is 67.9 Å². The molecule has 3 heterocycles. The summed E-state index contributed by atoms with van der Waals surface area (Å²) in [5.74, 6) is 0.655. The van der Waals surface area contributed by atoms with Crippen LogP contribution in [0.5, 0.6) is 0 Å². The summed E-state index contributed by atoms with van der Waals surface area (Å²) in [6, 6.07) is 43.8. The Morgan fingerprint density at radius 1 is 0.629 bits per heavy atom. The highest BCUT2D eigenvalue weighted by Crippen LogP contribution is 2.31. The van der Waals surface area contributed by atoms with E-state index in [9.17, 15) is 13.6 Å². The summed E-state index contributed by atoms with van der Waals surface area (Å²) >= 11 is 0. The number of rotatable bonds is 11. The van der Waals surface area contributed by atoms with E-state index in [-0.39, 0.29) is 41.9 Å². The van der Waals surface area contributed by atoms with Crippen LogP contribution in [0.1, 0.15) is 30.9 Å². The summed E-state index contributed by atoms with van der Waals surface area (Å²) in [7, 11) is 0. The Kier molecular flexibility index (Phi) is 13.1. The van der Waals surface area contributed by atoms with Gasteiger partial charge in [-0.05, 0) is 79.4 Å². The van der Waals surface area contributed by atoms with Crippen LogP contribution in [0, 0.1) is 17.6 Å². The molecule has 12 heteroatoms. The smallest absolute Gasteiger partial charge is 0.309 e. The lowest BCUT2D eigenvalue weighted by molar-refractivity contribution is -0.149. The molecule has 2 aromatic heterocycles. The molecule has 6 aromatic carbocycles. The van der Waals surface area contributed by atoms with Gasteiger partial charge in [-0.15, -0.1) is 0 Å². The van der Waals surface area contributed by atoms with Crippen molar-refractivity contribution in [1.29, 1.82) is 0 Å². The fraction of sp³-hybridized carbons (Fsp3) is 0.180.